The summed E-state index contributed by atoms with van der Waals surface area (Å²) in [4.78, 5) is 16.1. The minimum atomic E-state index is -0.578. The Hall–Kier alpha value is -3.28. The smallest absolute Gasteiger partial charge is 0.252 e. The van der Waals surface area contributed by atoms with Gasteiger partial charge in [0.15, 0.2) is 0 Å². The Labute approximate surface area is 138 Å². The van der Waals surface area contributed by atoms with Crippen molar-refractivity contribution in [2.24, 2.45) is 5.73 Å². The summed E-state index contributed by atoms with van der Waals surface area (Å²) in [5.41, 5.74) is 8.63. The number of aromatic hydroxyl groups is 1. The third kappa shape index (κ3) is 2.81. The third-order valence-electron chi connectivity index (χ3n) is 3.81. The Morgan fingerprint density at radius 3 is 2.71 bits per heavy atom. The SMILES string of the molecule is COc1ccc2ncc(C(N)=O)c(Nc3ccc(O)cc3C)c2c1. The van der Waals surface area contributed by atoms with Crippen LogP contribution in [0.3, 0.4) is 0 Å². The summed E-state index contributed by atoms with van der Waals surface area (Å²) in [5.74, 6) is 0.247. The number of benzene rings is 2. The zero-order valence-corrected chi connectivity index (χ0v) is 13.3. The Morgan fingerprint density at radius 1 is 1.25 bits per heavy atom. The summed E-state index contributed by atoms with van der Waals surface area (Å²) in [6.45, 7) is 1.86. The third-order valence-corrected chi connectivity index (χ3v) is 3.81. The number of hydrogen-bond acceptors (Lipinski definition) is 5. The zero-order valence-electron chi connectivity index (χ0n) is 13.3. The molecule has 0 fully saturated rings. The fourth-order valence-corrected chi connectivity index (χ4v) is 2.54. The number of carbonyl (C=O) groups is 1. The number of ether oxygens (including phenoxy) is 1. The summed E-state index contributed by atoms with van der Waals surface area (Å²) >= 11 is 0. The molecule has 0 bridgehead atoms. The highest BCUT2D eigenvalue weighted by atomic mass is 16.5. The lowest BCUT2D eigenvalue weighted by Gasteiger charge is -2.15. The van der Waals surface area contributed by atoms with Gasteiger partial charge >= 0.3 is 0 Å². The molecule has 0 aliphatic rings. The van der Waals surface area contributed by atoms with Crippen molar-refractivity contribution >= 4 is 28.2 Å². The highest BCUT2D eigenvalue weighted by molar-refractivity contribution is 6.07. The molecule has 0 radical (unpaired) electrons. The Bertz CT molecular complexity index is 938. The van der Waals surface area contributed by atoms with Crippen molar-refractivity contribution in [3.63, 3.8) is 0 Å². The maximum Gasteiger partial charge on any atom is 0.252 e. The molecule has 0 spiro atoms. The van der Waals surface area contributed by atoms with Gasteiger partial charge in [-0.1, -0.05) is 0 Å². The number of nitrogens with two attached hydrogens (primary N) is 1. The maximum atomic E-state index is 11.8. The first kappa shape index (κ1) is 15.6. The number of nitrogens with zero attached hydrogens (tertiary/aromatic N) is 1. The van der Waals surface area contributed by atoms with Gasteiger partial charge in [0.05, 0.1) is 23.9 Å². The quantitative estimate of drug-likeness (QED) is 0.641. The van der Waals surface area contributed by atoms with Gasteiger partial charge < -0.3 is 20.9 Å². The van der Waals surface area contributed by atoms with E-state index < -0.39 is 5.91 Å². The number of anilines is 2. The van der Waals surface area contributed by atoms with Crippen LogP contribution < -0.4 is 15.8 Å². The molecule has 1 amide bonds. The molecule has 2 aromatic carbocycles. The normalized spacial score (nSPS) is 10.6. The van der Waals surface area contributed by atoms with Crippen molar-refractivity contribution in [3.8, 4) is 11.5 Å². The standard InChI is InChI=1S/C18H17N3O3/c1-10-7-11(22)3-5-15(10)21-17-13-8-12(24-2)4-6-16(13)20-9-14(17)18(19)23/h3-9,22H,1-2H3,(H2,19,23)(H,20,21). The molecular formula is C18H17N3O3. The molecule has 24 heavy (non-hydrogen) atoms. The molecule has 0 saturated carbocycles. The summed E-state index contributed by atoms with van der Waals surface area (Å²) in [6, 6.07) is 10.4. The number of pyridine rings is 1. The first-order valence-corrected chi connectivity index (χ1v) is 7.33. The van der Waals surface area contributed by atoms with Crippen LogP contribution in [-0.4, -0.2) is 23.1 Å². The van der Waals surface area contributed by atoms with Gasteiger partial charge in [-0.05, 0) is 48.9 Å². The molecule has 1 aromatic heterocycles. The fourth-order valence-electron chi connectivity index (χ4n) is 2.54. The molecule has 3 rings (SSSR count). The zero-order chi connectivity index (χ0) is 17.3. The molecule has 0 aliphatic carbocycles. The van der Waals surface area contributed by atoms with Crippen molar-refractivity contribution in [2.75, 3.05) is 12.4 Å². The molecule has 6 nitrogen and oxygen atoms in total. The van der Waals surface area contributed by atoms with Gasteiger partial charge in [-0.2, -0.15) is 0 Å². The minimum absolute atomic E-state index is 0.175. The van der Waals surface area contributed by atoms with E-state index >= 15 is 0 Å². The molecule has 3 aromatic rings. The summed E-state index contributed by atoms with van der Waals surface area (Å²) in [5, 5.41) is 13.5. The second-order valence-electron chi connectivity index (χ2n) is 5.42. The van der Waals surface area contributed by atoms with Crippen LogP contribution >= 0.6 is 0 Å². The molecule has 0 unspecified atom stereocenters. The van der Waals surface area contributed by atoms with E-state index in [1.807, 2.05) is 13.0 Å². The van der Waals surface area contributed by atoms with Crippen LogP contribution in [0.5, 0.6) is 11.5 Å². The van der Waals surface area contributed by atoms with Gasteiger partial charge in [-0.3, -0.25) is 9.78 Å². The number of nitrogens with one attached hydrogen (secondary N) is 1. The highest BCUT2D eigenvalue weighted by Gasteiger charge is 2.15. The second kappa shape index (κ2) is 6.08. The van der Waals surface area contributed by atoms with E-state index in [4.69, 9.17) is 10.5 Å². The number of rotatable bonds is 4. The van der Waals surface area contributed by atoms with E-state index in [0.29, 0.717) is 17.0 Å². The van der Waals surface area contributed by atoms with Crippen LogP contribution in [0.2, 0.25) is 0 Å². The van der Waals surface area contributed by atoms with E-state index in [9.17, 15) is 9.90 Å². The Balaban J connectivity index is 2.22. The summed E-state index contributed by atoms with van der Waals surface area (Å²) < 4.78 is 5.26. The number of phenols is 1. The number of amides is 1. The Morgan fingerprint density at radius 2 is 2.04 bits per heavy atom. The van der Waals surface area contributed by atoms with Gasteiger partial charge in [0, 0.05) is 17.3 Å². The van der Waals surface area contributed by atoms with Gasteiger partial charge in [-0.25, -0.2) is 0 Å². The molecule has 4 N–H and O–H groups in total. The number of aryl methyl sites for hydroxylation is 1. The van der Waals surface area contributed by atoms with Crippen LogP contribution in [0.1, 0.15) is 15.9 Å². The molecule has 0 atom stereocenters. The lowest BCUT2D eigenvalue weighted by Crippen LogP contribution is -2.14. The summed E-state index contributed by atoms with van der Waals surface area (Å²) in [7, 11) is 1.57. The van der Waals surface area contributed by atoms with Crippen LogP contribution in [0.25, 0.3) is 10.9 Å². The average Bonchev–Trinajstić information content (AvgIpc) is 2.56. The van der Waals surface area contributed by atoms with E-state index in [-0.39, 0.29) is 11.3 Å². The van der Waals surface area contributed by atoms with Gasteiger partial charge in [0.1, 0.15) is 11.5 Å². The second-order valence-corrected chi connectivity index (χ2v) is 5.42. The minimum Gasteiger partial charge on any atom is -0.508 e. The predicted molar refractivity (Wildman–Crippen MR) is 92.9 cm³/mol. The number of hydrogen-bond donors (Lipinski definition) is 3. The van der Waals surface area contributed by atoms with Crippen LogP contribution in [0, 0.1) is 6.92 Å². The number of aromatic nitrogens is 1. The van der Waals surface area contributed by atoms with Gasteiger partial charge in [0.2, 0.25) is 0 Å². The molecule has 0 saturated heterocycles. The molecular weight excluding hydrogens is 306 g/mol. The molecule has 122 valence electrons. The van der Waals surface area contributed by atoms with Gasteiger partial charge in [0.25, 0.3) is 5.91 Å². The van der Waals surface area contributed by atoms with Crippen molar-refractivity contribution < 1.29 is 14.6 Å². The monoisotopic (exact) mass is 323 g/mol. The van der Waals surface area contributed by atoms with Crippen LogP contribution in [0.4, 0.5) is 11.4 Å². The first-order valence-electron chi connectivity index (χ1n) is 7.33. The number of primary amides is 1. The number of methoxy groups -OCH3 is 1. The molecule has 1 heterocycles. The maximum absolute atomic E-state index is 11.8. The van der Waals surface area contributed by atoms with Crippen molar-refractivity contribution in [2.45, 2.75) is 6.92 Å². The van der Waals surface area contributed by atoms with E-state index in [2.05, 4.69) is 10.3 Å². The molecule has 0 aliphatic heterocycles. The lowest BCUT2D eigenvalue weighted by atomic mass is 10.1. The number of phenolic OH excluding ortho intramolecular Hbond substituents is 1. The van der Waals surface area contributed by atoms with Crippen molar-refractivity contribution in [1.29, 1.82) is 0 Å². The topological polar surface area (TPSA) is 97.5 Å². The van der Waals surface area contributed by atoms with Crippen molar-refractivity contribution in [1.82, 2.24) is 4.98 Å². The van der Waals surface area contributed by atoms with E-state index in [1.165, 1.54) is 6.20 Å². The van der Waals surface area contributed by atoms with Crippen LogP contribution in [0.15, 0.2) is 42.6 Å². The number of fused-ring (bicyclic) bond motifs is 1. The Kier molecular flexibility index (Phi) is 3.95. The van der Waals surface area contributed by atoms with E-state index in [1.54, 1.807) is 37.4 Å². The summed E-state index contributed by atoms with van der Waals surface area (Å²) in [6.07, 6.45) is 1.45. The average molecular weight is 323 g/mol. The first-order chi connectivity index (χ1) is 11.5. The molecule has 6 heteroatoms. The largest absolute Gasteiger partial charge is 0.508 e. The highest BCUT2D eigenvalue weighted by Crippen LogP contribution is 2.33. The van der Waals surface area contributed by atoms with E-state index in [0.717, 1.165) is 16.6 Å². The lowest BCUT2D eigenvalue weighted by molar-refractivity contribution is 0.100. The van der Waals surface area contributed by atoms with Crippen LogP contribution in [-0.2, 0) is 0 Å². The predicted octanol–water partition coefficient (Wildman–Crippen LogP) is 3.10. The number of carbonyl (C=O) groups excluding carboxylic acids is 1. The fraction of sp³-hybridized carbons (Fsp3) is 0.111. The van der Waals surface area contributed by atoms with Crippen molar-refractivity contribution in [3.05, 3.63) is 53.7 Å². The van der Waals surface area contributed by atoms with Gasteiger partial charge in [-0.15, -0.1) is 0 Å².